The number of sulfonamides is 1. The molecule has 0 atom stereocenters. The van der Waals surface area contributed by atoms with Crippen LogP contribution in [0.1, 0.15) is 5.56 Å². The Hall–Kier alpha value is -1.15. The molecule has 1 heterocycles. The number of morpholine rings is 1. The van der Waals surface area contributed by atoms with Crippen LogP contribution in [0.3, 0.4) is 0 Å². The largest absolute Gasteiger partial charge is 0.398 e. The number of nitrogen functional groups attached to an aromatic ring is 1. The molecule has 6 nitrogen and oxygen atoms in total. The van der Waals surface area contributed by atoms with Gasteiger partial charge in [-0.15, -0.1) is 4.83 Å². The number of hydrazine groups is 1. The molecule has 1 aliphatic heterocycles. The molecule has 0 bridgehead atoms. The second-order valence-corrected chi connectivity index (χ2v) is 5.79. The van der Waals surface area contributed by atoms with Crippen LogP contribution in [0.2, 0.25) is 0 Å². The lowest BCUT2D eigenvalue weighted by Gasteiger charge is -2.27. The Kier molecular flexibility index (Phi) is 3.86. The lowest BCUT2D eigenvalue weighted by Crippen LogP contribution is -2.48. The quantitative estimate of drug-likeness (QED) is 0.762. The van der Waals surface area contributed by atoms with Gasteiger partial charge in [-0.25, -0.2) is 13.4 Å². The van der Waals surface area contributed by atoms with Gasteiger partial charge in [0.1, 0.15) is 0 Å². The minimum Gasteiger partial charge on any atom is -0.398 e. The number of ether oxygens (including phenoxy) is 1. The SMILES string of the molecule is Cc1c(N)cccc1S(=O)(=O)NN1CCOCC1. The third-order valence-corrected chi connectivity index (χ3v) is 4.40. The summed E-state index contributed by atoms with van der Waals surface area (Å²) >= 11 is 0. The van der Waals surface area contributed by atoms with Crippen LogP contribution in [0.5, 0.6) is 0 Å². The Morgan fingerprint density at radius 3 is 2.67 bits per heavy atom. The van der Waals surface area contributed by atoms with Gasteiger partial charge in [-0.3, -0.25) is 0 Å². The topological polar surface area (TPSA) is 84.7 Å². The molecular weight excluding hydrogens is 254 g/mol. The highest BCUT2D eigenvalue weighted by Gasteiger charge is 2.22. The van der Waals surface area contributed by atoms with Gasteiger partial charge in [0.05, 0.1) is 18.1 Å². The van der Waals surface area contributed by atoms with Crippen molar-refractivity contribution < 1.29 is 13.2 Å². The van der Waals surface area contributed by atoms with E-state index in [-0.39, 0.29) is 4.90 Å². The molecule has 2 rings (SSSR count). The van der Waals surface area contributed by atoms with Crippen LogP contribution in [-0.2, 0) is 14.8 Å². The van der Waals surface area contributed by atoms with Gasteiger partial charge in [0.15, 0.2) is 0 Å². The molecule has 0 unspecified atom stereocenters. The first-order valence-corrected chi connectivity index (χ1v) is 7.19. The molecular formula is C11H17N3O3S. The van der Waals surface area contributed by atoms with Crippen LogP contribution < -0.4 is 10.6 Å². The molecule has 0 aliphatic carbocycles. The van der Waals surface area contributed by atoms with E-state index in [0.717, 1.165) is 0 Å². The molecule has 0 radical (unpaired) electrons. The van der Waals surface area contributed by atoms with E-state index in [9.17, 15) is 8.42 Å². The fourth-order valence-electron chi connectivity index (χ4n) is 1.80. The van der Waals surface area contributed by atoms with Crippen LogP contribution in [0.4, 0.5) is 5.69 Å². The average Bonchev–Trinajstić information content (AvgIpc) is 2.33. The second-order valence-electron chi connectivity index (χ2n) is 4.16. The molecule has 0 amide bonds. The van der Waals surface area contributed by atoms with Gasteiger partial charge < -0.3 is 10.5 Å². The van der Waals surface area contributed by atoms with Crippen LogP contribution in [-0.4, -0.2) is 39.7 Å². The van der Waals surface area contributed by atoms with Crippen molar-refractivity contribution in [1.29, 1.82) is 0 Å². The van der Waals surface area contributed by atoms with E-state index >= 15 is 0 Å². The Balaban J connectivity index is 2.22. The lowest BCUT2D eigenvalue weighted by atomic mass is 10.2. The molecule has 100 valence electrons. The molecule has 18 heavy (non-hydrogen) atoms. The van der Waals surface area contributed by atoms with Crippen molar-refractivity contribution in [3.63, 3.8) is 0 Å². The maximum Gasteiger partial charge on any atom is 0.253 e. The third kappa shape index (κ3) is 2.81. The number of nitrogens with one attached hydrogen (secondary N) is 1. The number of hydrogen-bond donors (Lipinski definition) is 2. The maximum absolute atomic E-state index is 12.2. The van der Waals surface area contributed by atoms with Crippen molar-refractivity contribution in [3.05, 3.63) is 23.8 Å². The summed E-state index contributed by atoms with van der Waals surface area (Å²) in [4.78, 5) is 2.77. The van der Waals surface area contributed by atoms with Gasteiger partial charge in [0.25, 0.3) is 10.0 Å². The Morgan fingerprint density at radius 2 is 2.00 bits per heavy atom. The Morgan fingerprint density at radius 1 is 1.33 bits per heavy atom. The highest BCUT2D eigenvalue weighted by molar-refractivity contribution is 7.89. The summed E-state index contributed by atoms with van der Waals surface area (Å²) in [5, 5.41) is 1.64. The fourth-order valence-corrected chi connectivity index (χ4v) is 3.20. The van der Waals surface area contributed by atoms with E-state index in [2.05, 4.69) is 4.83 Å². The third-order valence-electron chi connectivity index (χ3n) is 2.88. The highest BCUT2D eigenvalue weighted by atomic mass is 32.2. The average molecular weight is 271 g/mol. The van der Waals surface area contributed by atoms with Gasteiger partial charge in [-0.1, -0.05) is 6.07 Å². The Labute approximate surface area is 107 Å². The minimum atomic E-state index is -3.57. The van der Waals surface area contributed by atoms with Gasteiger partial charge in [0, 0.05) is 18.8 Å². The Bertz CT molecular complexity index is 524. The number of benzene rings is 1. The maximum atomic E-state index is 12.2. The van der Waals surface area contributed by atoms with E-state index in [4.69, 9.17) is 10.5 Å². The van der Waals surface area contributed by atoms with Crippen molar-refractivity contribution >= 4 is 15.7 Å². The summed E-state index contributed by atoms with van der Waals surface area (Å²) in [5.41, 5.74) is 6.76. The monoisotopic (exact) mass is 271 g/mol. The first kappa shape index (κ1) is 13.3. The van der Waals surface area contributed by atoms with Crippen LogP contribution in [0, 0.1) is 6.92 Å². The zero-order valence-electron chi connectivity index (χ0n) is 10.2. The zero-order valence-corrected chi connectivity index (χ0v) is 11.0. The lowest BCUT2D eigenvalue weighted by molar-refractivity contribution is 0.0272. The van der Waals surface area contributed by atoms with E-state index in [1.165, 1.54) is 0 Å². The summed E-state index contributed by atoms with van der Waals surface area (Å²) < 4.78 is 29.6. The minimum absolute atomic E-state index is 0.217. The number of nitrogens with two attached hydrogens (primary N) is 1. The molecule has 0 spiro atoms. The molecule has 0 saturated carbocycles. The van der Waals surface area contributed by atoms with Crippen LogP contribution >= 0.6 is 0 Å². The highest BCUT2D eigenvalue weighted by Crippen LogP contribution is 2.20. The standard InChI is InChI=1S/C11H17N3O3S/c1-9-10(12)3-2-4-11(9)18(15,16)13-14-5-7-17-8-6-14/h2-4,13H,5-8,12H2,1H3. The zero-order chi connectivity index (χ0) is 13.2. The first-order chi connectivity index (χ1) is 8.50. The normalized spacial score (nSPS) is 17.8. The smallest absolute Gasteiger partial charge is 0.253 e. The predicted molar refractivity (Wildman–Crippen MR) is 68.3 cm³/mol. The summed E-state index contributed by atoms with van der Waals surface area (Å²) in [6.07, 6.45) is 0. The number of anilines is 1. The van der Waals surface area contributed by atoms with Crippen molar-refractivity contribution in [2.45, 2.75) is 11.8 Å². The van der Waals surface area contributed by atoms with Gasteiger partial charge >= 0.3 is 0 Å². The molecule has 1 fully saturated rings. The summed E-state index contributed by atoms with van der Waals surface area (Å²) in [7, 11) is -3.57. The van der Waals surface area contributed by atoms with Crippen molar-refractivity contribution in [3.8, 4) is 0 Å². The van der Waals surface area contributed by atoms with Crippen molar-refractivity contribution in [2.75, 3.05) is 32.0 Å². The molecule has 3 N–H and O–H groups in total. The van der Waals surface area contributed by atoms with E-state index in [1.807, 2.05) is 0 Å². The number of rotatable bonds is 3. The predicted octanol–water partition coefficient (Wildman–Crippen LogP) is 0.103. The number of nitrogens with zero attached hydrogens (tertiary/aromatic N) is 1. The molecule has 1 saturated heterocycles. The molecule has 1 aromatic rings. The van der Waals surface area contributed by atoms with Crippen molar-refractivity contribution in [1.82, 2.24) is 9.84 Å². The summed E-state index contributed by atoms with van der Waals surface area (Å²) in [5.74, 6) is 0. The summed E-state index contributed by atoms with van der Waals surface area (Å²) in [6.45, 7) is 3.83. The van der Waals surface area contributed by atoms with E-state index < -0.39 is 10.0 Å². The van der Waals surface area contributed by atoms with Gasteiger partial charge in [-0.2, -0.15) is 0 Å². The first-order valence-electron chi connectivity index (χ1n) is 5.71. The molecule has 0 aromatic heterocycles. The molecule has 1 aliphatic rings. The molecule has 7 heteroatoms. The van der Waals surface area contributed by atoms with Crippen molar-refractivity contribution in [2.24, 2.45) is 0 Å². The van der Waals surface area contributed by atoms with E-state index in [0.29, 0.717) is 37.6 Å². The van der Waals surface area contributed by atoms with Gasteiger partial charge in [-0.05, 0) is 24.6 Å². The summed E-state index contributed by atoms with van der Waals surface area (Å²) in [6, 6.07) is 4.87. The molecule has 1 aromatic carbocycles. The van der Waals surface area contributed by atoms with Crippen LogP contribution in [0.25, 0.3) is 0 Å². The number of hydrogen-bond acceptors (Lipinski definition) is 5. The van der Waals surface area contributed by atoms with Crippen LogP contribution in [0.15, 0.2) is 23.1 Å². The second kappa shape index (κ2) is 5.23. The fraction of sp³-hybridized carbons (Fsp3) is 0.455. The van der Waals surface area contributed by atoms with Gasteiger partial charge in [0.2, 0.25) is 0 Å². The van der Waals surface area contributed by atoms with E-state index in [1.54, 1.807) is 30.1 Å².